The van der Waals surface area contributed by atoms with Crippen molar-refractivity contribution in [2.75, 3.05) is 0 Å². The predicted octanol–water partition coefficient (Wildman–Crippen LogP) is 7.40. The van der Waals surface area contributed by atoms with Crippen LogP contribution in [0.25, 0.3) is 11.1 Å². The van der Waals surface area contributed by atoms with Crippen molar-refractivity contribution < 1.29 is 5.11 Å². The van der Waals surface area contributed by atoms with Gasteiger partial charge in [-0.2, -0.15) is 0 Å². The van der Waals surface area contributed by atoms with Gasteiger partial charge in [-0.25, -0.2) is 0 Å². The fourth-order valence-corrected chi connectivity index (χ4v) is 12.5. The molecule has 168 valence electrons. The van der Waals surface area contributed by atoms with E-state index in [0.29, 0.717) is 0 Å². The van der Waals surface area contributed by atoms with Crippen molar-refractivity contribution in [3.8, 4) is 16.9 Å². The van der Waals surface area contributed by atoms with Gasteiger partial charge in [0.05, 0.1) is 0 Å². The first-order valence-corrected chi connectivity index (χ1v) is 15.8. The molecule has 1 N–H and O–H groups in total. The van der Waals surface area contributed by atoms with Crippen molar-refractivity contribution in [3.05, 3.63) is 145 Å². The van der Waals surface area contributed by atoms with Crippen LogP contribution in [0.4, 0.5) is 0 Å². The summed E-state index contributed by atoms with van der Waals surface area (Å²) in [4.78, 5) is 0. The van der Waals surface area contributed by atoms with Crippen molar-refractivity contribution in [2.45, 2.75) is 6.16 Å². The molecular weight excluding hydrogens is 499 g/mol. The second-order valence-electron chi connectivity index (χ2n) is 8.56. The van der Waals surface area contributed by atoms with Crippen molar-refractivity contribution >= 4 is 36.7 Å². The molecule has 5 aromatic rings. The molecule has 0 heterocycles. The van der Waals surface area contributed by atoms with Crippen LogP contribution in [-0.2, 0) is 6.16 Å². The van der Waals surface area contributed by atoms with Crippen LogP contribution in [0.2, 0.25) is 0 Å². The first kappa shape index (κ1) is 22.6. The first-order valence-electron chi connectivity index (χ1n) is 11.4. The van der Waals surface area contributed by atoms with E-state index < -0.39 is 5.31 Å². The van der Waals surface area contributed by atoms with Gasteiger partial charge in [0, 0.05) is 0 Å². The van der Waals surface area contributed by atoms with E-state index in [1.165, 1.54) is 21.5 Å². The van der Waals surface area contributed by atoms with Crippen LogP contribution in [0.15, 0.2) is 140 Å². The number of benzene rings is 5. The third kappa shape index (κ3) is 3.88. The van der Waals surface area contributed by atoms with E-state index in [-0.39, 0.29) is 5.75 Å². The molecule has 0 fully saturated rings. The topological polar surface area (TPSA) is 20.2 Å². The van der Waals surface area contributed by atoms with Gasteiger partial charge in [0.1, 0.15) is 0 Å². The molecule has 34 heavy (non-hydrogen) atoms. The van der Waals surface area contributed by atoms with Gasteiger partial charge in [0.15, 0.2) is 0 Å². The van der Waals surface area contributed by atoms with Crippen molar-refractivity contribution in [1.82, 2.24) is 0 Å². The van der Waals surface area contributed by atoms with Crippen LogP contribution < -0.4 is 15.9 Å². The summed E-state index contributed by atoms with van der Waals surface area (Å²) in [5.74, 6) is 0.276. The van der Waals surface area contributed by atoms with Crippen LogP contribution in [0.3, 0.4) is 0 Å². The third-order valence-electron chi connectivity index (χ3n) is 6.53. The average molecular weight is 525 g/mol. The summed E-state index contributed by atoms with van der Waals surface area (Å²) in [6, 6.07) is 48.6. The molecule has 0 aromatic heterocycles. The molecule has 5 aromatic carbocycles. The molecule has 0 amide bonds. The molecule has 3 heteroatoms. The van der Waals surface area contributed by atoms with Gasteiger partial charge in [0.2, 0.25) is 0 Å². The Morgan fingerprint density at radius 3 is 1.50 bits per heavy atom. The Labute approximate surface area is 209 Å². The van der Waals surface area contributed by atoms with Crippen LogP contribution >= 0.6 is 20.8 Å². The number of hydrogen-bond donors (Lipinski definition) is 1. The monoisotopic (exact) mass is 524 g/mol. The summed E-state index contributed by atoms with van der Waals surface area (Å²) in [5, 5.41) is 10.9. The number of phenolic OH excluding ortho intramolecular Hbond substituents is 1. The maximum absolute atomic E-state index is 10.2. The van der Waals surface area contributed by atoms with Crippen LogP contribution in [-0.4, -0.2) is 5.11 Å². The average Bonchev–Trinajstić information content (AvgIpc) is 2.90. The Morgan fingerprint density at radius 2 is 1.00 bits per heavy atom. The predicted molar refractivity (Wildman–Crippen MR) is 151 cm³/mol. The Bertz CT molecular complexity index is 1300. The first-order chi connectivity index (χ1) is 16.6. The Hall–Kier alpha value is -3.19. The van der Waals surface area contributed by atoms with Crippen molar-refractivity contribution in [3.63, 3.8) is 0 Å². The number of phenols is 1. The zero-order valence-corrected chi connectivity index (χ0v) is 21.2. The number of aromatic hydroxyl groups is 1. The molecule has 0 saturated heterocycles. The SMILES string of the molecule is Oc1cccc(-c2ccccc2CP(Br)(c2ccccc2)(c2ccccc2)c2ccccc2)c1. The van der Waals surface area contributed by atoms with E-state index in [4.69, 9.17) is 0 Å². The van der Waals surface area contributed by atoms with Gasteiger partial charge in [0.25, 0.3) is 0 Å². The van der Waals surface area contributed by atoms with Crippen LogP contribution in [0.1, 0.15) is 5.56 Å². The van der Waals surface area contributed by atoms with E-state index in [1.807, 2.05) is 12.1 Å². The van der Waals surface area contributed by atoms with Crippen molar-refractivity contribution in [2.24, 2.45) is 0 Å². The van der Waals surface area contributed by atoms with E-state index >= 15 is 0 Å². The second-order valence-corrected chi connectivity index (χ2v) is 17.5. The molecule has 0 spiro atoms. The van der Waals surface area contributed by atoms with Gasteiger partial charge >= 0.3 is 210 Å². The van der Waals surface area contributed by atoms with Gasteiger partial charge in [-0.15, -0.1) is 0 Å². The standard InChI is InChI=1S/C31H26BrOP/c32-34(28-16-4-1-5-17-28,29-18-6-2-7-19-29,30-20-8-3-9-21-30)24-26-13-10-11-22-31(26)25-14-12-15-27(33)23-25/h1-23,33H,24H2. The summed E-state index contributed by atoms with van der Waals surface area (Å²) in [5.41, 5.74) is 3.39. The zero-order chi connectivity index (χ0) is 23.5. The van der Waals surface area contributed by atoms with Gasteiger partial charge in [-0.05, 0) is 0 Å². The molecule has 0 unspecified atom stereocenters. The Kier molecular flexibility index (Phi) is 6.13. The van der Waals surface area contributed by atoms with E-state index in [0.717, 1.165) is 17.3 Å². The molecule has 5 rings (SSSR count). The molecule has 0 atom stereocenters. The molecule has 0 aliphatic rings. The van der Waals surface area contributed by atoms with E-state index in [1.54, 1.807) is 6.07 Å². The van der Waals surface area contributed by atoms with Crippen molar-refractivity contribution in [1.29, 1.82) is 0 Å². The van der Waals surface area contributed by atoms with E-state index in [9.17, 15) is 5.11 Å². The quantitative estimate of drug-likeness (QED) is 0.229. The number of rotatable bonds is 6. The molecule has 0 saturated carbocycles. The second kappa shape index (κ2) is 9.22. The van der Waals surface area contributed by atoms with Gasteiger partial charge < -0.3 is 0 Å². The minimum absolute atomic E-state index is 0.276. The van der Waals surface area contributed by atoms with Gasteiger partial charge in [-0.1, -0.05) is 0 Å². The van der Waals surface area contributed by atoms with Gasteiger partial charge in [-0.3, -0.25) is 0 Å². The summed E-state index contributed by atoms with van der Waals surface area (Å²) in [6.07, 6.45) is 0.801. The Morgan fingerprint density at radius 1 is 0.529 bits per heavy atom. The molecule has 1 nitrogen and oxygen atoms in total. The molecule has 0 bridgehead atoms. The molecule has 0 aliphatic heterocycles. The Balaban J connectivity index is 1.84. The molecular formula is C31H26BrOP. The normalized spacial score (nSPS) is 12.6. The fourth-order valence-electron chi connectivity index (χ4n) is 4.87. The zero-order valence-electron chi connectivity index (χ0n) is 18.8. The van der Waals surface area contributed by atoms with E-state index in [2.05, 4.69) is 137 Å². The number of hydrogen-bond acceptors (Lipinski definition) is 1. The summed E-state index contributed by atoms with van der Waals surface area (Å²) < 4.78 is 0. The fraction of sp³-hybridized carbons (Fsp3) is 0.0323. The van der Waals surface area contributed by atoms with Crippen LogP contribution in [0.5, 0.6) is 5.75 Å². The number of halogens is 1. The van der Waals surface area contributed by atoms with Crippen LogP contribution in [0, 0.1) is 0 Å². The summed E-state index contributed by atoms with van der Waals surface area (Å²) in [6.45, 7) is 0. The summed E-state index contributed by atoms with van der Waals surface area (Å²) >= 11 is 4.56. The third-order valence-corrected chi connectivity index (χ3v) is 16.0. The molecule has 0 radical (unpaired) electrons. The molecule has 0 aliphatic carbocycles. The summed E-state index contributed by atoms with van der Waals surface area (Å²) in [7, 11) is 0. The minimum atomic E-state index is -3.12. The maximum atomic E-state index is 10.2.